The Morgan fingerprint density at radius 2 is 2.20 bits per heavy atom. The molecule has 2 aromatic rings. The monoisotopic (exact) mass is 339 g/mol. The van der Waals surface area contributed by atoms with Crippen LogP contribution in [0.4, 0.5) is 0 Å². The number of aliphatic hydroxyl groups excluding tert-OH is 1. The van der Waals surface area contributed by atoms with Gasteiger partial charge < -0.3 is 14.4 Å². The Morgan fingerprint density at radius 3 is 2.96 bits per heavy atom. The summed E-state index contributed by atoms with van der Waals surface area (Å²) in [4.78, 5) is 11.7. The van der Waals surface area contributed by atoms with E-state index in [9.17, 15) is 9.90 Å². The summed E-state index contributed by atoms with van der Waals surface area (Å²) in [5.74, 6) is 0.227. The quantitative estimate of drug-likeness (QED) is 0.818. The van der Waals surface area contributed by atoms with Crippen molar-refractivity contribution >= 4 is 5.97 Å². The van der Waals surface area contributed by atoms with Crippen LogP contribution in [-0.2, 0) is 16.1 Å². The summed E-state index contributed by atoms with van der Waals surface area (Å²) < 4.78 is 6.60. The molecule has 0 aliphatic heterocycles. The van der Waals surface area contributed by atoms with Gasteiger partial charge in [0.25, 0.3) is 0 Å². The Bertz CT molecular complexity index is 780. The Morgan fingerprint density at radius 1 is 1.40 bits per heavy atom. The number of methoxy groups -OCH3 is 1. The van der Waals surface area contributed by atoms with Gasteiger partial charge in [0.15, 0.2) is 5.82 Å². The minimum atomic E-state index is -0.752. The minimum absolute atomic E-state index is 0.0518. The van der Waals surface area contributed by atoms with E-state index in [-0.39, 0.29) is 11.9 Å². The lowest BCUT2D eigenvalue weighted by molar-refractivity contribution is -0.135. The number of nitrogens with zero attached hydrogens (tertiary/aromatic N) is 3. The fourth-order valence-corrected chi connectivity index (χ4v) is 2.98. The molecule has 1 aliphatic rings. The molecule has 1 aromatic heterocycles. The van der Waals surface area contributed by atoms with Crippen LogP contribution in [0.3, 0.4) is 0 Å². The van der Waals surface area contributed by atoms with E-state index < -0.39 is 6.10 Å². The molecule has 6 heteroatoms. The summed E-state index contributed by atoms with van der Waals surface area (Å²) in [6, 6.07) is 9.96. The Balaban J connectivity index is 1.69. The van der Waals surface area contributed by atoms with Crippen molar-refractivity contribution in [1.82, 2.24) is 14.8 Å². The topological polar surface area (TPSA) is 77.2 Å². The van der Waals surface area contributed by atoms with Gasteiger partial charge in [-0.15, -0.1) is 10.2 Å². The van der Waals surface area contributed by atoms with Crippen LogP contribution in [0.5, 0.6) is 0 Å². The van der Waals surface area contributed by atoms with Gasteiger partial charge in [-0.25, -0.2) is 4.79 Å². The molecular weight excluding hydrogens is 318 g/mol. The standard InChI is InChI=1S/C19H21N3O3/c1-25-19(24)16-9-5-8-15(10-16)11-17(23)18-21-20-13-22(18)12-14-6-3-2-4-7-14/h2-7,9-10,13,15,17,23H,8,11-12H2,1H3. The van der Waals surface area contributed by atoms with Crippen molar-refractivity contribution in [2.24, 2.45) is 5.92 Å². The van der Waals surface area contributed by atoms with Gasteiger partial charge in [-0.05, 0) is 24.3 Å². The Hall–Kier alpha value is -2.73. The Kier molecular flexibility index (Phi) is 5.40. The average Bonchev–Trinajstić information content (AvgIpc) is 3.10. The summed E-state index contributed by atoms with van der Waals surface area (Å²) in [5, 5.41) is 18.6. The van der Waals surface area contributed by atoms with E-state index in [1.54, 1.807) is 12.4 Å². The van der Waals surface area contributed by atoms with Gasteiger partial charge in [0.05, 0.1) is 19.2 Å². The predicted molar refractivity (Wildman–Crippen MR) is 92.5 cm³/mol. The number of esters is 1. The van der Waals surface area contributed by atoms with E-state index in [0.717, 1.165) is 12.0 Å². The molecule has 6 nitrogen and oxygen atoms in total. The fourth-order valence-electron chi connectivity index (χ4n) is 2.98. The number of allylic oxidation sites excluding steroid dienone is 2. The molecule has 1 aromatic carbocycles. The number of hydrogen-bond acceptors (Lipinski definition) is 5. The van der Waals surface area contributed by atoms with Crippen LogP contribution in [-0.4, -0.2) is 33.0 Å². The largest absolute Gasteiger partial charge is 0.465 e. The number of carbonyl (C=O) groups is 1. The summed E-state index contributed by atoms with van der Waals surface area (Å²) >= 11 is 0. The second kappa shape index (κ2) is 7.90. The molecule has 25 heavy (non-hydrogen) atoms. The second-order valence-corrected chi connectivity index (χ2v) is 6.07. The molecule has 0 spiro atoms. The maximum atomic E-state index is 11.7. The lowest BCUT2D eigenvalue weighted by Gasteiger charge is -2.19. The van der Waals surface area contributed by atoms with Gasteiger partial charge >= 0.3 is 5.97 Å². The molecule has 1 heterocycles. The van der Waals surface area contributed by atoms with Crippen molar-refractivity contribution in [2.45, 2.75) is 25.5 Å². The number of aromatic nitrogens is 3. The van der Waals surface area contributed by atoms with E-state index in [1.807, 2.05) is 47.1 Å². The third-order valence-corrected chi connectivity index (χ3v) is 4.24. The summed E-state index contributed by atoms with van der Waals surface area (Å²) in [7, 11) is 1.36. The normalized spacial score (nSPS) is 17.8. The van der Waals surface area contributed by atoms with Gasteiger partial charge in [-0.2, -0.15) is 0 Å². The van der Waals surface area contributed by atoms with Crippen molar-refractivity contribution in [3.63, 3.8) is 0 Å². The highest BCUT2D eigenvalue weighted by Gasteiger charge is 2.22. The molecule has 0 saturated heterocycles. The minimum Gasteiger partial charge on any atom is -0.465 e. The zero-order valence-electron chi connectivity index (χ0n) is 14.1. The van der Waals surface area contributed by atoms with Crippen LogP contribution < -0.4 is 0 Å². The Labute approximate surface area is 146 Å². The second-order valence-electron chi connectivity index (χ2n) is 6.07. The molecular formula is C19H21N3O3. The predicted octanol–water partition coefficient (Wildman–Crippen LogP) is 2.43. The van der Waals surface area contributed by atoms with Crippen LogP contribution >= 0.6 is 0 Å². The van der Waals surface area contributed by atoms with Crippen molar-refractivity contribution in [2.75, 3.05) is 7.11 Å². The molecule has 130 valence electrons. The summed E-state index contributed by atoms with van der Waals surface area (Å²) in [6.45, 7) is 0.605. The van der Waals surface area contributed by atoms with Crippen molar-refractivity contribution < 1.29 is 14.6 Å². The lowest BCUT2D eigenvalue weighted by Crippen LogP contribution is -2.15. The molecule has 1 aliphatic carbocycles. The van der Waals surface area contributed by atoms with Gasteiger partial charge in [0.1, 0.15) is 12.4 Å². The molecule has 0 saturated carbocycles. The van der Waals surface area contributed by atoms with E-state index in [4.69, 9.17) is 4.74 Å². The molecule has 0 radical (unpaired) electrons. The van der Waals surface area contributed by atoms with E-state index >= 15 is 0 Å². The number of benzene rings is 1. The maximum absolute atomic E-state index is 11.7. The zero-order valence-corrected chi connectivity index (χ0v) is 14.1. The molecule has 2 unspecified atom stereocenters. The first kappa shape index (κ1) is 17.1. The fraction of sp³-hybridized carbons (Fsp3) is 0.316. The number of hydrogen-bond donors (Lipinski definition) is 1. The number of ether oxygens (including phenoxy) is 1. The molecule has 0 fully saturated rings. The van der Waals surface area contributed by atoms with Crippen molar-refractivity contribution in [3.8, 4) is 0 Å². The lowest BCUT2D eigenvalue weighted by atomic mass is 9.91. The van der Waals surface area contributed by atoms with Crippen LogP contribution in [0.15, 0.2) is 60.5 Å². The third-order valence-electron chi connectivity index (χ3n) is 4.24. The maximum Gasteiger partial charge on any atom is 0.337 e. The van der Waals surface area contributed by atoms with Gasteiger partial charge in [-0.3, -0.25) is 0 Å². The zero-order chi connectivity index (χ0) is 17.6. The van der Waals surface area contributed by atoms with Crippen LogP contribution in [0.1, 0.15) is 30.3 Å². The number of aliphatic hydroxyl groups is 1. The van der Waals surface area contributed by atoms with Gasteiger partial charge in [0.2, 0.25) is 0 Å². The summed E-state index contributed by atoms with van der Waals surface area (Å²) in [6.07, 6.45) is 7.65. The average molecular weight is 339 g/mol. The molecule has 0 bridgehead atoms. The number of carbonyl (C=O) groups excluding carboxylic acids is 1. The number of rotatable bonds is 6. The first-order valence-electron chi connectivity index (χ1n) is 8.23. The first-order valence-corrected chi connectivity index (χ1v) is 8.23. The van der Waals surface area contributed by atoms with E-state index in [2.05, 4.69) is 10.2 Å². The van der Waals surface area contributed by atoms with E-state index in [1.165, 1.54) is 7.11 Å². The first-order chi connectivity index (χ1) is 12.2. The van der Waals surface area contributed by atoms with Crippen LogP contribution in [0, 0.1) is 5.92 Å². The highest BCUT2D eigenvalue weighted by atomic mass is 16.5. The molecule has 2 atom stereocenters. The van der Waals surface area contributed by atoms with Gasteiger partial charge in [0, 0.05) is 0 Å². The molecule has 3 rings (SSSR count). The van der Waals surface area contributed by atoms with E-state index in [0.29, 0.717) is 24.4 Å². The highest BCUT2D eigenvalue weighted by molar-refractivity contribution is 5.91. The van der Waals surface area contributed by atoms with Gasteiger partial charge in [-0.1, -0.05) is 48.6 Å². The molecule has 0 amide bonds. The van der Waals surface area contributed by atoms with Crippen LogP contribution in [0.2, 0.25) is 0 Å². The summed E-state index contributed by atoms with van der Waals surface area (Å²) in [5.41, 5.74) is 1.64. The SMILES string of the molecule is COC(=O)C1=CC(CC(O)c2nncn2Cc2ccccc2)CC=C1. The van der Waals surface area contributed by atoms with Crippen molar-refractivity contribution in [1.29, 1.82) is 0 Å². The third kappa shape index (κ3) is 4.22. The highest BCUT2D eigenvalue weighted by Crippen LogP contribution is 2.27. The van der Waals surface area contributed by atoms with Crippen LogP contribution in [0.25, 0.3) is 0 Å². The molecule has 1 N–H and O–H groups in total. The van der Waals surface area contributed by atoms with Crippen molar-refractivity contribution in [3.05, 3.63) is 71.8 Å². The smallest absolute Gasteiger partial charge is 0.337 e.